The molecule has 0 aromatic heterocycles. The molecule has 18 heavy (non-hydrogen) atoms. The molecule has 0 atom stereocenters. The molecule has 1 aromatic rings. The first-order valence-corrected chi connectivity index (χ1v) is 6.69. The highest BCUT2D eigenvalue weighted by Crippen LogP contribution is 2.40. The molecule has 0 radical (unpaired) electrons. The number of nitriles is 1. The monoisotopic (exact) mass is 243 g/mol. The number of nitrogen functional groups attached to an aromatic ring is 1. The summed E-state index contributed by atoms with van der Waals surface area (Å²) in [5, 5.41) is 9.03. The van der Waals surface area contributed by atoms with Gasteiger partial charge in [-0.25, -0.2) is 0 Å². The van der Waals surface area contributed by atoms with Gasteiger partial charge in [-0.05, 0) is 36.8 Å². The molecule has 2 rings (SSSR count). The number of rotatable bonds is 3. The molecule has 1 aliphatic heterocycles. The van der Waals surface area contributed by atoms with Gasteiger partial charge in [-0.1, -0.05) is 19.9 Å². The normalized spacial score (nSPS) is 17.7. The number of benzene rings is 1. The standard InChI is InChI=1S/C15H21N3/c1-3-15(4-2)8-9-18(11-15)13-7-5-6-12(10-16)14(13)17/h5-7H,3-4,8-9,11,17H2,1-2H3. The van der Waals surface area contributed by atoms with E-state index < -0.39 is 0 Å². The molecule has 1 aliphatic rings. The summed E-state index contributed by atoms with van der Waals surface area (Å²) in [6, 6.07) is 7.88. The maximum absolute atomic E-state index is 9.03. The highest BCUT2D eigenvalue weighted by molar-refractivity contribution is 5.74. The molecular formula is C15H21N3. The van der Waals surface area contributed by atoms with Gasteiger partial charge < -0.3 is 10.6 Å². The summed E-state index contributed by atoms with van der Waals surface area (Å²) in [4.78, 5) is 2.34. The Kier molecular flexibility index (Phi) is 3.47. The van der Waals surface area contributed by atoms with Gasteiger partial charge in [0.25, 0.3) is 0 Å². The topological polar surface area (TPSA) is 53.0 Å². The van der Waals surface area contributed by atoms with Gasteiger partial charge in [0.15, 0.2) is 0 Å². The van der Waals surface area contributed by atoms with Crippen LogP contribution < -0.4 is 10.6 Å². The van der Waals surface area contributed by atoms with Crippen LogP contribution in [0.5, 0.6) is 0 Å². The first-order valence-electron chi connectivity index (χ1n) is 6.69. The molecule has 3 nitrogen and oxygen atoms in total. The lowest BCUT2D eigenvalue weighted by Gasteiger charge is -2.27. The van der Waals surface area contributed by atoms with Gasteiger partial charge in [0.05, 0.1) is 16.9 Å². The van der Waals surface area contributed by atoms with Crippen LogP contribution in [0.2, 0.25) is 0 Å². The van der Waals surface area contributed by atoms with E-state index in [-0.39, 0.29) is 0 Å². The van der Waals surface area contributed by atoms with Crippen LogP contribution in [0.15, 0.2) is 18.2 Å². The van der Waals surface area contributed by atoms with Gasteiger partial charge in [-0.3, -0.25) is 0 Å². The molecule has 0 spiro atoms. The fourth-order valence-corrected chi connectivity index (χ4v) is 2.89. The third-order valence-electron chi connectivity index (χ3n) is 4.48. The molecule has 2 N–H and O–H groups in total. The van der Waals surface area contributed by atoms with E-state index in [0.717, 1.165) is 18.8 Å². The molecule has 1 fully saturated rings. The predicted molar refractivity (Wildman–Crippen MR) is 75.4 cm³/mol. The first kappa shape index (κ1) is 12.8. The number of nitrogens with zero attached hydrogens (tertiary/aromatic N) is 2. The van der Waals surface area contributed by atoms with E-state index in [1.54, 1.807) is 6.07 Å². The third-order valence-corrected chi connectivity index (χ3v) is 4.48. The highest BCUT2D eigenvalue weighted by atomic mass is 15.2. The predicted octanol–water partition coefficient (Wildman–Crippen LogP) is 3.16. The Morgan fingerprint density at radius 2 is 2.11 bits per heavy atom. The van der Waals surface area contributed by atoms with Gasteiger partial charge in [0, 0.05) is 13.1 Å². The number of hydrogen-bond donors (Lipinski definition) is 1. The summed E-state index contributed by atoms with van der Waals surface area (Å²) in [7, 11) is 0. The van der Waals surface area contributed by atoms with Crippen LogP contribution in [-0.4, -0.2) is 13.1 Å². The van der Waals surface area contributed by atoms with E-state index in [1.165, 1.54) is 19.3 Å². The Morgan fingerprint density at radius 3 is 2.67 bits per heavy atom. The summed E-state index contributed by atoms with van der Waals surface area (Å²) in [5.74, 6) is 0. The van der Waals surface area contributed by atoms with Crippen molar-refractivity contribution >= 4 is 11.4 Å². The second-order valence-electron chi connectivity index (χ2n) is 5.23. The van der Waals surface area contributed by atoms with Crippen molar-refractivity contribution in [1.82, 2.24) is 0 Å². The maximum atomic E-state index is 9.03. The van der Waals surface area contributed by atoms with Crippen molar-refractivity contribution in [3.8, 4) is 6.07 Å². The zero-order chi connectivity index (χ0) is 13.2. The summed E-state index contributed by atoms with van der Waals surface area (Å²) >= 11 is 0. The van der Waals surface area contributed by atoms with Crippen LogP contribution in [0.1, 0.15) is 38.7 Å². The van der Waals surface area contributed by atoms with Gasteiger partial charge in [0.1, 0.15) is 6.07 Å². The van der Waals surface area contributed by atoms with Crippen molar-refractivity contribution in [2.45, 2.75) is 33.1 Å². The lowest BCUT2D eigenvalue weighted by molar-refractivity contribution is 0.301. The van der Waals surface area contributed by atoms with Crippen LogP contribution in [0.25, 0.3) is 0 Å². The first-order chi connectivity index (χ1) is 8.65. The van der Waals surface area contributed by atoms with E-state index in [1.807, 2.05) is 12.1 Å². The van der Waals surface area contributed by atoms with Crippen LogP contribution in [0.3, 0.4) is 0 Å². The van der Waals surface area contributed by atoms with E-state index in [2.05, 4.69) is 24.8 Å². The summed E-state index contributed by atoms with van der Waals surface area (Å²) < 4.78 is 0. The van der Waals surface area contributed by atoms with Gasteiger partial charge in [0.2, 0.25) is 0 Å². The van der Waals surface area contributed by atoms with Crippen molar-refractivity contribution < 1.29 is 0 Å². The number of hydrogen-bond acceptors (Lipinski definition) is 3. The molecule has 1 heterocycles. The van der Waals surface area contributed by atoms with Gasteiger partial charge >= 0.3 is 0 Å². The summed E-state index contributed by atoms with van der Waals surface area (Å²) in [5.41, 5.74) is 8.74. The Hall–Kier alpha value is -1.69. The minimum Gasteiger partial charge on any atom is -0.396 e. The molecule has 0 unspecified atom stereocenters. The van der Waals surface area contributed by atoms with Crippen molar-refractivity contribution in [1.29, 1.82) is 5.26 Å². The highest BCUT2D eigenvalue weighted by Gasteiger charge is 2.35. The quantitative estimate of drug-likeness (QED) is 0.830. The van der Waals surface area contributed by atoms with Crippen LogP contribution in [0, 0.1) is 16.7 Å². The Labute approximate surface area is 109 Å². The van der Waals surface area contributed by atoms with E-state index >= 15 is 0 Å². The molecule has 1 aromatic carbocycles. The third kappa shape index (κ3) is 2.03. The summed E-state index contributed by atoms with van der Waals surface area (Å²) in [6.45, 7) is 6.63. The van der Waals surface area contributed by atoms with E-state index in [0.29, 0.717) is 16.7 Å². The smallest absolute Gasteiger partial charge is 0.101 e. The Morgan fingerprint density at radius 1 is 1.39 bits per heavy atom. The minimum absolute atomic E-state index is 0.426. The second-order valence-corrected chi connectivity index (χ2v) is 5.23. The fraction of sp³-hybridized carbons (Fsp3) is 0.533. The van der Waals surface area contributed by atoms with Crippen LogP contribution in [0.4, 0.5) is 11.4 Å². The molecule has 3 heteroatoms. The maximum Gasteiger partial charge on any atom is 0.101 e. The molecule has 0 amide bonds. The van der Waals surface area contributed by atoms with E-state index in [4.69, 9.17) is 11.0 Å². The lowest BCUT2D eigenvalue weighted by atomic mass is 9.82. The molecular weight excluding hydrogens is 222 g/mol. The largest absolute Gasteiger partial charge is 0.396 e. The second kappa shape index (κ2) is 4.89. The van der Waals surface area contributed by atoms with Gasteiger partial charge in [-0.15, -0.1) is 0 Å². The van der Waals surface area contributed by atoms with Crippen LogP contribution in [-0.2, 0) is 0 Å². The van der Waals surface area contributed by atoms with Crippen molar-refractivity contribution in [2.24, 2.45) is 5.41 Å². The fourth-order valence-electron chi connectivity index (χ4n) is 2.89. The van der Waals surface area contributed by atoms with Gasteiger partial charge in [-0.2, -0.15) is 5.26 Å². The molecule has 0 saturated carbocycles. The average molecular weight is 243 g/mol. The minimum atomic E-state index is 0.426. The Balaban J connectivity index is 2.28. The van der Waals surface area contributed by atoms with Crippen molar-refractivity contribution in [3.63, 3.8) is 0 Å². The number of anilines is 2. The SMILES string of the molecule is CCC1(CC)CCN(c2cccc(C#N)c2N)C1. The van der Waals surface area contributed by atoms with Crippen LogP contribution >= 0.6 is 0 Å². The molecule has 0 bridgehead atoms. The number of nitrogens with two attached hydrogens (primary N) is 1. The zero-order valence-electron chi connectivity index (χ0n) is 11.2. The Bertz CT molecular complexity index is 469. The van der Waals surface area contributed by atoms with Crippen molar-refractivity contribution in [2.75, 3.05) is 23.7 Å². The molecule has 96 valence electrons. The van der Waals surface area contributed by atoms with E-state index in [9.17, 15) is 0 Å². The molecule has 1 saturated heterocycles. The average Bonchev–Trinajstić information content (AvgIpc) is 2.84. The lowest BCUT2D eigenvalue weighted by Crippen LogP contribution is -2.26. The molecule has 0 aliphatic carbocycles. The zero-order valence-corrected chi connectivity index (χ0v) is 11.2. The van der Waals surface area contributed by atoms with Crippen molar-refractivity contribution in [3.05, 3.63) is 23.8 Å². The summed E-state index contributed by atoms with van der Waals surface area (Å²) in [6.07, 6.45) is 3.63. The number of para-hydroxylation sites is 1.